The molecule has 0 amide bonds. The van der Waals surface area contributed by atoms with Gasteiger partial charge in [-0.2, -0.15) is 13.2 Å². The lowest BCUT2D eigenvalue weighted by atomic mass is 10.1. The number of nitro groups is 1. The number of nitro benzene ring substituents is 1. The van der Waals surface area contributed by atoms with E-state index >= 15 is 0 Å². The van der Waals surface area contributed by atoms with Crippen molar-refractivity contribution < 1.29 is 18.1 Å². The molecular weight excluding hydrogens is 213 g/mol. The van der Waals surface area contributed by atoms with Gasteiger partial charge in [-0.15, -0.1) is 0 Å². The highest BCUT2D eigenvalue weighted by Crippen LogP contribution is 2.37. The normalized spacial score (nSPS) is 11.1. The zero-order chi connectivity index (χ0) is 11.6. The molecular formula is C8H5F3N2O2. The van der Waals surface area contributed by atoms with E-state index < -0.39 is 22.4 Å². The molecule has 0 heterocycles. The first kappa shape index (κ1) is 11.2. The van der Waals surface area contributed by atoms with Crippen LogP contribution in [-0.4, -0.2) is 11.6 Å². The quantitative estimate of drug-likeness (QED) is 0.435. The highest BCUT2D eigenvalue weighted by Gasteiger charge is 2.38. The Morgan fingerprint density at radius 2 is 2.00 bits per heavy atom. The summed E-state index contributed by atoms with van der Waals surface area (Å²) in [4.78, 5) is 12.5. The third-order valence-electron chi connectivity index (χ3n) is 1.66. The van der Waals surface area contributed by atoms with Gasteiger partial charge in [0.15, 0.2) is 0 Å². The van der Waals surface area contributed by atoms with E-state index in [1.54, 1.807) is 0 Å². The monoisotopic (exact) mass is 218 g/mol. The summed E-state index contributed by atoms with van der Waals surface area (Å²) in [5.74, 6) is 0. The standard InChI is InChI=1S/C8H5F3N2O2/c1-12-5-2-3-7(13(14)15)6(4-5)8(9,10)11/h2-4H,1H2. The molecule has 0 fully saturated rings. The molecule has 0 spiro atoms. The van der Waals surface area contributed by atoms with Crippen LogP contribution in [-0.2, 0) is 6.18 Å². The first-order valence-electron chi connectivity index (χ1n) is 3.68. The lowest BCUT2D eigenvalue weighted by Gasteiger charge is -2.07. The summed E-state index contributed by atoms with van der Waals surface area (Å²) in [6.45, 7) is 3.04. The third kappa shape index (κ3) is 2.30. The molecule has 0 unspecified atom stereocenters. The lowest BCUT2D eigenvalue weighted by Crippen LogP contribution is -2.08. The van der Waals surface area contributed by atoms with Crippen LogP contribution in [0, 0.1) is 10.1 Å². The molecule has 1 rings (SSSR count). The van der Waals surface area contributed by atoms with Crippen molar-refractivity contribution >= 4 is 18.1 Å². The van der Waals surface area contributed by atoms with Crippen molar-refractivity contribution in [1.82, 2.24) is 0 Å². The van der Waals surface area contributed by atoms with Gasteiger partial charge in [-0.1, -0.05) is 0 Å². The van der Waals surface area contributed by atoms with Crippen molar-refractivity contribution in [3.8, 4) is 0 Å². The van der Waals surface area contributed by atoms with Gasteiger partial charge in [-0.05, 0) is 18.9 Å². The Kier molecular flexibility index (Phi) is 2.74. The fraction of sp³-hybridized carbons (Fsp3) is 0.125. The molecule has 0 saturated heterocycles. The van der Waals surface area contributed by atoms with Crippen molar-refractivity contribution in [3.63, 3.8) is 0 Å². The molecule has 1 aromatic rings. The van der Waals surface area contributed by atoms with Crippen LogP contribution in [0.2, 0.25) is 0 Å². The fourth-order valence-electron chi connectivity index (χ4n) is 1.01. The summed E-state index contributed by atoms with van der Waals surface area (Å²) >= 11 is 0. The second-order valence-corrected chi connectivity index (χ2v) is 2.61. The number of hydrogen-bond donors (Lipinski definition) is 0. The molecule has 0 aromatic heterocycles. The minimum absolute atomic E-state index is 0.0621. The first-order chi connectivity index (χ1) is 6.86. The van der Waals surface area contributed by atoms with Crippen LogP contribution in [0.25, 0.3) is 0 Å². The molecule has 0 saturated carbocycles. The van der Waals surface area contributed by atoms with Gasteiger partial charge < -0.3 is 0 Å². The lowest BCUT2D eigenvalue weighted by molar-refractivity contribution is -0.388. The van der Waals surface area contributed by atoms with Crippen molar-refractivity contribution in [1.29, 1.82) is 0 Å². The van der Waals surface area contributed by atoms with Gasteiger partial charge >= 0.3 is 6.18 Å². The van der Waals surface area contributed by atoms with Crippen LogP contribution in [0.4, 0.5) is 24.5 Å². The van der Waals surface area contributed by atoms with Crippen LogP contribution in [0.3, 0.4) is 0 Å². The Bertz CT molecular complexity index is 415. The summed E-state index contributed by atoms with van der Waals surface area (Å²) in [5, 5.41) is 10.3. The van der Waals surface area contributed by atoms with Gasteiger partial charge in [0, 0.05) is 6.07 Å². The van der Waals surface area contributed by atoms with Crippen molar-refractivity contribution in [2.45, 2.75) is 6.18 Å². The van der Waals surface area contributed by atoms with Gasteiger partial charge in [-0.3, -0.25) is 15.1 Å². The second kappa shape index (κ2) is 3.68. The fourth-order valence-corrected chi connectivity index (χ4v) is 1.01. The number of aliphatic imine (C=N–C) groups is 1. The molecule has 0 atom stereocenters. The van der Waals surface area contributed by atoms with Crippen molar-refractivity contribution in [2.24, 2.45) is 4.99 Å². The van der Waals surface area contributed by atoms with E-state index in [0.29, 0.717) is 6.07 Å². The number of hydrogen-bond acceptors (Lipinski definition) is 3. The molecule has 0 aliphatic heterocycles. The maximum Gasteiger partial charge on any atom is 0.423 e. The minimum Gasteiger partial charge on any atom is -0.265 e. The predicted molar refractivity (Wildman–Crippen MR) is 47.3 cm³/mol. The van der Waals surface area contributed by atoms with Gasteiger partial charge in [0.05, 0.1) is 10.6 Å². The van der Waals surface area contributed by atoms with Crippen LogP contribution < -0.4 is 0 Å². The van der Waals surface area contributed by atoms with Crippen LogP contribution in [0.15, 0.2) is 23.2 Å². The van der Waals surface area contributed by atoms with Crippen LogP contribution in [0.1, 0.15) is 5.56 Å². The Morgan fingerprint density at radius 3 is 2.40 bits per heavy atom. The number of halogens is 3. The smallest absolute Gasteiger partial charge is 0.265 e. The van der Waals surface area contributed by atoms with E-state index in [0.717, 1.165) is 12.1 Å². The van der Waals surface area contributed by atoms with E-state index in [1.165, 1.54) is 0 Å². The summed E-state index contributed by atoms with van der Waals surface area (Å²) < 4.78 is 37.1. The van der Waals surface area contributed by atoms with E-state index in [4.69, 9.17) is 0 Å². The SMILES string of the molecule is C=Nc1ccc([N+](=O)[O-])c(C(F)(F)F)c1. The van der Waals surface area contributed by atoms with E-state index in [9.17, 15) is 23.3 Å². The van der Waals surface area contributed by atoms with Gasteiger partial charge in [0.1, 0.15) is 5.56 Å². The zero-order valence-corrected chi connectivity index (χ0v) is 7.28. The number of alkyl halides is 3. The average molecular weight is 218 g/mol. The van der Waals surface area contributed by atoms with Crippen molar-refractivity contribution in [3.05, 3.63) is 33.9 Å². The Hall–Kier alpha value is -1.92. The molecule has 15 heavy (non-hydrogen) atoms. The molecule has 0 aliphatic carbocycles. The van der Waals surface area contributed by atoms with Crippen LogP contribution in [0.5, 0.6) is 0 Å². The molecule has 0 radical (unpaired) electrons. The number of nitrogens with zero attached hydrogens (tertiary/aromatic N) is 2. The van der Waals surface area contributed by atoms with Crippen LogP contribution >= 0.6 is 0 Å². The molecule has 1 aromatic carbocycles. The molecule has 0 aliphatic rings. The van der Waals surface area contributed by atoms with Gasteiger partial charge in [-0.25, -0.2) is 0 Å². The number of rotatable bonds is 2. The van der Waals surface area contributed by atoms with E-state index in [2.05, 4.69) is 11.7 Å². The van der Waals surface area contributed by atoms with Gasteiger partial charge in [0.25, 0.3) is 5.69 Å². The minimum atomic E-state index is -4.77. The Morgan fingerprint density at radius 1 is 1.40 bits per heavy atom. The predicted octanol–water partition coefficient (Wildman–Crippen LogP) is 2.95. The average Bonchev–Trinajstić information content (AvgIpc) is 2.15. The molecule has 80 valence electrons. The Balaban J connectivity index is 3.42. The first-order valence-corrected chi connectivity index (χ1v) is 3.68. The Labute approximate surface area is 82.2 Å². The van der Waals surface area contributed by atoms with E-state index in [1.807, 2.05) is 0 Å². The largest absolute Gasteiger partial charge is 0.423 e. The molecule has 0 N–H and O–H groups in total. The highest BCUT2D eigenvalue weighted by molar-refractivity contribution is 5.54. The zero-order valence-electron chi connectivity index (χ0n) is 7.28. The number of benzene rings is 1. The topological polar surface area (TPSA) is 55.5 Å². The molecule has 0 bridgehead atoms. The summed E-state index contributed by atoms with van der Waals surface area (Å²) in [6.07, 6.45) is -4.77. The van der Waals surface area contributed by atoms with E-state index in [-0.39, 0.29) is 5.69 Å². The van der Waals surface area contributed by atoms with Crippen molar-refractivity contribution in [2.75, 3.05) is 0 Å². The maximum atomic E-state index is 12.4. The maximum absolute atomic E-state index is 12.4. The highest BCUT2D eigenvalue weighted by atomic mass is 19.4. The summed E-state index contributed by atoms with van der Waals surface area (Å²) in [6, 6.07) is 2.44. The molecule has 4 nitrogen and oxygen atoms in total. The third-order valence-corrected chi connectivity index (χ3v) is 1.66. The second-order valence-electron chi connectivity index (χ2n) is 2.61. The summed E-state index contributed by atoms with van der Waals surface area (Å²) in [7, 11) is 0. The molecule has 7 heteroatoms. The summed E-state index contributed by atoms with van der Waals surface area (Å²) in [5.41, 5.74) is -2.37. The van der Waals surface area contributed by atoms with Gasteiger partial charge in [0.2, 0.25) is 0 Å².